The molecule has 20 heavy (non-hydrogen) atoms. The van der Waals surface area contributed by atoms with Gasteiger partial charge in [-0.3, -0.25) is 4.90 Å². The molecule has 2 N–H and O–H groups in total. The lowest BCUT2D eigenvalue weighted by atomic mass is 9.98. The third-order valence-electron chi connectivity index (χ3n) is 4.46. The van der Waals surface area contributed by atoms with Crippen LogP contribution < -0.4 is 5.73 Å². The third kappa shape index (κ3) is 3.36. The van der Waals surface area contributed by atoms with Crippen molar-refractivity contribution in [1.82, 2.24) is 4.90 Å². The number of rotatable bonds is 4. The van der Waals surface area contributed by atoms with Crippen LogP contribution in [0.4, 0.5) is 8.78 Å². The number of halogens is 2. The van der Waals surface area contributed by atoms with E-state index in [0.717, 1.165) is 31.8 Å². The molecule has 2 atom stereocenters. The molecule has 0 radical (unpaired) electrons. The van der Waals surface area contributed by atoms with E-state index in [1.165, 1.54) is 31.0 Å². The summed E-state index contributed by atoms with van der Waals surface area (Å²) in [5, 5.41) is 0. The third-order valence-corrected chi connectivity index (χ3v) is 4.46. The molecular weight excluding hydrogens is 258 g/mol. The molecule has 0 aromatic heterocycles. The second-order valence-electron chi connectivity index (χ2n) is 5.63. The first-order chi connectivity index (χ1) is 9.67. The van der Waals surface area contributed by atoms with Gasteiger partial charge in [0.1, 0.15) is 11.6 Å². The Morgan fingerprint density at radius 2 is 1.95 bits per heavy atom. The normalized spacial score (nSPS) is 22.5. The zero-order valence-electron chi connectivity index (χ0n) is 12.1. The molecule has 1 saturated heterocycles. The van der Waals surface area contributed by atoms with Gasteiger partial charge in [-0.1, -0.05) is 19.4 Å². The van der Waals surface area contributed by atoms with Crippen molar-refractivity contribution in [3.63, 3.8) is 0 Å². The molecule has 0 amide bonds. The maximum Gasteiger partial charge on any atom is 0.130 e. The average molecular weight is 282 g/mol. The molecule has 0 aliphatic carbocycles. The summed E-state index contributed by atoms with van der Waals surface area (Å²) >= 11 is 0. The van der Waals surface area contributed by atoms with Crippen molar-refractivity contribution >= 4 is 0 Å². The molecule has 1 aliphatic rings. The fourth-order valence-corrected chi connectivity index (χ4v) is 3.19. The van der Waals surface area contributed by atoms with Gasteiger partial charge in [-0.15, -0.1) is 0 Å². The predicted molar refractivity (Wildman–Crippen MR) is 77.4 cm³/mol. The summed E-state index contributed by atoms with van der Waals surface area (Å²) in [5.41, 5.74) is 5.95. The van der Waals surface area contributed by atoms with Crippen LogP contribution in [0.2, 0.25) is 0 Å². The molecule has 112 valence electrons. The van der Waals surface area contributed by atoms with Gasteiger partial charge in [-0.25, -0.2) is 8.78 Å². The predicted octanol–water partition coefficient (Wildman–Crippen LogP) is 3.48. The number of likely N-dealkylation sites (tertiary alicyclic amines) is 1. The van der Waals surface area contributed by atoms with Gasteiger partial charge in [-0.2, -0.15) is 0 Å². The van der Waals surface area contributed by atoms with Crippen LogP contribution in [0.3, 0.4) is 0 Å². The van der Waals surface area contributed by atoms with Crippen LogP contribution in [0.25, 0.3) is 0 Å². The topological polar surface area (TPSA) is 29.3 Å². The zero-order chi connectivity index (χ0) is 14.5. The van der Waals surface area contributed by atoms with E-state index in [-0.39, 0.29) is 18.2 Å². The summed E-state index contributed by atoms with van der Waals surface area (Å²) in [6.45, 7) is 4.19. The van der Waals surface area contributed by atoms with E-state index >= 15 is 0 Å². The van der Waals surface area contributed by atoms with Gasteiger partial charge in [0.05, 0.1) is 6.04 Å². The minimum atomic E-state index is -0.489. The second kappa shape index (κ2) is 7.14. The highest BCUT2D eigenvalue weighted by Crippen LogP contribution is 2.29. The van der Waals surface area contributed by atoms with E-state index < -0.39 is 11.6 Å². The summed E-state index contributed by atoms with van der Waals surface area (Å²) < 4.78 is 27.9. The molecular formula is C16H24F2N2. The van der Waals surface area contributed by atoms with Gasteiger partial charge in [-0.05, 0) is 50.4 Å². The average Bonchev–Trinajstić information content (AvgIpc) is 2.68. The quantitative estimate of drug-likeness (QED) is 0.916. The molecule has 4 heteroatoms. The number of nitrogens with zero attached hydrogens (tertiary/aromatic N) is 1. The Morgan fingerprint density at radius 3 is 2.55 bits per heavy atom. The second-order valence-corrected chi connectivity index (χ2v) is 5.63. The van der Waals surface area contributed by atoms with Gasteiger partial charge in [0.2, 0.25) is 0 Å². The van der Waals surface area contributed by atoms with Crippen LogP contribution in [-0.2, 0) is 0 Å². The maximum atomic E-state index is 14.0. The first-order valence-corrected chi connectivity index (χ1v) is 7.55. The molecule has 2 nitrogen and oxygen atoms in total. The van der Waals surface area contributed by atoms with Crippen LogP contribution in [0.1, 0.15) is 44.2 Å². The summed E-state index contributed by atoms with van der Waals surface area (Å²) in [6, 6.07) is 3.67. The van der Waals surface area contributed by atoms with Crippen molar-refractivity contribution < 1.29 is 8.78 Å². The number of hydrogen-bond donors (Lipinski definition) is 1. The van der Waals surface area contributed by atoms with Gasteiger partial charge in [0.25, 0.3) is 0 Å². The Bertz CT molecular complexity index is 416. The highest BCUT2D eigenvalue weighted by atomic mass is 19.1. The van der Waals surface area contributed by atoms with E-state index in [4.69, 9.17) is 5.73 Å². The van der Waals surface area contributed by atoms with E-state index in [0.29, 0.717) is 0 Å². The van der Waals surface area contributed by atoms with E-state index in [2.05, 4.69) is 11.8 Å². The van der Waals surface area contributed by atoms with Gasteiger partial charge < -0.3 is 5.73 Å². The first-order valence-electron chi connectivity index (χ1n) is 7.55. The van der Waals surface area contributed by atoms with Crippen LogP contribution in [0.5, 0.6) is 0 Å². The summed E-state index contributed by atoms with van der Waals surface area (Å²) in [6.07, 6.45) is 4.54. The smallest absolute Gasteiger partial charge is 0.130 e. The zero-order valence-corrected chi connectivity index (χ0v) is 12.1. The Kier molecular flexibility index (Phi) is 5.49. The largest absolute Gasteiger partial charge is 0.329 e. The van der Waals surface area contributed by atoms with Crippen molar-refractivity contribution in [2.24, 2.45) is 11.7 Å². The van der Waals surface area contributed by atoms with Gasteiger partial charge in [0.15, 0.2) is 0 Å². The fourth-order valence-electron chi connectivity index (χ4n) is 3.19. The SMILES string of the molecule is CCC1CCCN(C(CN)c2c(F)cccc2F)CC1. The monoisotopic (exact) mass is 282 g/mol. The summed E-state index contributed by atoms with van der Waals surface area (Å²) in [4.78, 5) is 2.15. The van der Waals surface area contributed by atoms with Gasteiger partial charge >= 0.3 is 0 Å². The molecule has 0 saturated carbocycles. The molecule has 0 bridgehead atoms. The number of nitrogens with two attached hydrogens (primary N) is 1. The molecule has 1 aliphatic heterocycles. The summed E-state index contributed by atoms with van der Waals surface area (Å²) in [7, 11) is 0. The van der Waals surface area contributed by atoms with Crippen molar-refractivity contribution in [3.8, 4) is 0 Å². The van der Waals surface area contributed by atoms with Crippen LogP contribution >= 0.6 is 0 Å². The van der Waals surface area contributed by atoms with E-state index in [9.17, 15) is 8.78 Å². The minimum Gasteiger partial charge on any atom is -0.329 e. The maximum absolute atomic E-state index is 14.0. The molecule has 1 fully saturated rings. The number of hydrogen-bond acceptors (Lipinski definition) is 2. The summed E-state index contributed by atoms with van der Waals surface area (Å²) in [5.74, 6) is -0.252. The number of benzene rings is 1. The van der Waals surface area contributed by atoms with Crippen LogP contribution in [-0.4, -0.2) is 24.5 Å². The molecule has 1 heterocycles. The standard InChI is InChI=1S/C16H24F2N2/c1-2-12-5-4-9-20(10-8-12)15(11-19)16-13(17)6-3-7-14(16)18/h3,6-7,12,15H,2,4-5,8-11,19H2,1H3. The minimum absolute atomic E-state index is 0.130. The molecule has 0 spiro atoms. The van der Waals surface area contributed by atoms with Crippen molar-refractivity contribution in [2.45, 2.75) is 38.6 Å². The Balaban J connectivity index is 2.19. The lowest BCUT2D eigenvalue weighted by Gasteiger charge is -2.30. The fraction of sp³-hybridized carbons (Fsp3) is 0.625. The van der Waals surface area contributed by atoms with E-state index in [1.807, 2.05) is 0 Å². The van der Waals surface area contributed by atoms with Crippen LogP contribution in [0.15, 0.2) is 18.2 Å². The van der Waals surface area contributed by atoms with Gasteiger partial charge in [0, 0.05) is 12.1 Å². The lowest BCUT2D eigenvalue weighted by molar-refractivity contribution is 0.198. The highest BCUT2D eigenvalue weighted by Gasteiger charge is 2.27. The highest BCUT2D eigenvalue weighted by molar-refractivity contribution is 5.24. The first kappa shape index (κ1) is 15.4. The molecule has 1 aromatic rings. The lowest BCUT2D eigenvalue weighted by Crippen LogP contribution is -2.35. The van der Waals surface area contributed by atoms with Crippen molar-refractivity contribution in [3.05, 3.63) is 35.4 Å². The Hall–Kier alpha value is -1.00. The molecule has 2 rings (SSSR count). The Morgan fingerprint density at radius 1 is 1.25 bits per heavy atom. The van der Waals surface area contributed by atoms with Crippen molar-refractivity contribution in [1.29, 1.82) is 0 Å². The molecule has 2 unspecified atom stereocenters. The van der Waals surface area contributed by atoms with E-state index in [1.54, 1.807) is 0 Å². The molecule has 1 aromatic carbocycles. The Labute approximate surface area is 120 Å². The van der Waals surface area contributed by atoms with Crippen LogP contribution in [0, 0.1) is 17.6 Å². The van der Waals surface area contributed by atoms with Crippen molar-refractivity contribution in [2.75, 3.05) is 19.6 Å².